The van der Waals surface area contributed by atoms with E-state index in [9.17, 15) is 18.0 Å². The number of nitrogens with one attached hydrogen (secondary N) is 1. The number of amides is 1. The van der Waals surface area contributed by atoms with Gasteiger partial charge >= 0.3 is 5.97 Å². The Balaban J connectivity index is 2.10. The summed E-state index contributed by atoms with van der Waals surface area (Å²) in [6.45, 7) is 1.50. The molecule has 0 unspecified atom stereocenters. The topological polar surface area (TPSA) is 92.8 Å². The molecule has 0 aromatic heterocycles. The van der Waals surface area contributed by atoms with Crippen LogP contribution < -0.4 is 5.32 Å². The molecule has 0 aliphatic heterocycles. The highest BCUT2D eigenvalue weighted by Gasteiger charge is 2.42. The molecule has 144 valence electrons. The molecule has 1 aromatic rings. The van der Waals surface area contributed by atoms with Crippen LogP contribution in [0.5, 0.6) is 0 Å². The SMILES string of the molecule is COC(=O)C1(NC(=O)CN(C)S(=O)(=O)c2ccc(C)cc2)CCCCC1. The molecule has 1 N–H and O–H groups in total. The third kappa shape index (κ3) is 4.42. The van der Waals surface area contributed by atoms with Gasteiger partial charge in [0, 0.05) is 7.05 Å². The third-order valence-corrected chi connectivity index (χ3v) is 6.57. The summed E-state index contributed by atoms with van der Waals surface area (Å²) in [5.74, 6) is -0.995. The van der Waals surface area contributed by atoms with Crippen molar-refractivity contribution < 1.29 is 22.7 Å². The molecule has 1 aromatic carbocycles. The molecular formula is C18H26N2O5S. The van der Waals surface area contributed by atoms with Gasteiger partial charge in [-0.3, -0.25) is 4.79 Å². The summed E-state index contributed by atoms with van der Waals surface area (Å²) in [4.78, 5) is 24.8. The smallest absolute Gasteiger partial charge is 0.331 e. The van der Waals surface area contributed by atoms with E-state index in [4.69, 9.17) is 4.74 Å². The summed E-state index contributed by atoms with van der Waals surface area (Å²) in [7, 11) is -1.14. The lowest BCUT2D eigenvalue weighted by atomic mass is 9.81. The van der Waals surface area contributed by atoms with Crippen LogP contribution in [-0.4, -0.2) is 50.8 Å². The Hall–Kier alpha value is -1.93. The van der Waals surface area contributed by atoms with E-state index in [1.807, 2.05) is 6.92 Å². The molecule has 8 heteroatoms. The zero-order valence-corrected chi connectivity index (χ0v) is 16.3. The van der Waals surface area contributed by atoms with Crippen molar-refractivity contribution in [2.75, 3.05) is 20.7 Å². The molecule has 0 heterocycles. The summed E-state index contributed by atoms with van der Waals surface area (Å²) in [6.07, 6.45) is 3.62. The number of benzene rings is 1. The van der Waals surface area contributed by atoms with Gasteiger partial charge in [-0.25, -0.2) is 13.2 Å². The largest absolute Gasteiger partial charge is 0.467 e. The molecule has 1 amide bonds. The molecule has 26 heavy (non-hydrogen) atoms. The average molecular weight is 382 g/mol. The second-order valence-electron chi connectivity index (χ2n) is 6.76. The molecular weight excluding hydrogens is 356 g/mol. The minimum Gasteiger partial charge on any atom is -0.467 e. The van der Waals surface area contributed by atoms with Crippen LogP contribution in [0.15, 0.2) is 29.2 Å². The van der Waals surface area contributed by atoms with E-state index < -0.39 is 27.4 Å². The number of methoxy groups -OCH3 is 1. The Kier molecular flexibility index (Phi) is 6.41. The number of likely N-dealkylation sites (N-methyl/N-ethyl adjacent to an activating group) is 1. The van der Waals surface area contributed by atoms with Gasteiger partial charge in [-0.1, -0.05) is 37.0 Å². The molecule has 0 bridgehead atoms. The zero-order chi connectivity index (χ0) is 19.4. The number of carbonyl (C=O) groups is 2. The first-order chi connectivity index (χ1) is 12.2. The van der Waals surface area contributed by atoms with Crippen LogP contribution in [0.3, 0.4) is 0 Å². The van der Waals surface area contributed by atoms with Crippen molar-refractivity contribution in [3.8, 4) is 0 Å². The minimum absolute atomic E-state index is 0.124. The Morgan fingerprint density at radius 2 is 1.73 bits per heavy atom. The first-order valence-corrected chi connectivity index (χ1v) is 10.1. The van der Waals surface area contributed by atoms with Crippen LogP contribution in [-0.2, 0) is 24.3 Å². The number of aryl methyl sites for hydroxylation is 1. The molecule has 1 saturated carbocycles. The lowest BCUT2D eigenvalue weighted by molar-refractivity contribution is -0.152. The number of hydrogen-bond donors (Lipinski definition) is 1. The zero-order valence-electron chi connectivity index (χ0n) is 15.4. The Bertz CT molecular complexity index is 752. The summed E-state index contributed by atoms with van der Waals surface area (Å²) in [6, 6.07) is 6.43. The number of ether oxygens (including phenoxy) is 1. The fourth-order valence-corrected chi connectivity index (χ4v) is 4.34. The van der Waals surface area contributed by atoms with E-state index in [2.05, 4.69) is 5.32 Å². The van der Waals surface area contributed by atoms with Crippen molar-refractivity contribution in [1.82, 2.24) is 9.62 Å². The van der Waals surface area contributed by atoms with E-state index in [-0.39, 0.29) is 11.4 Å². The van der Waals surface area contributed by atoms with Gasteiger partial charge in [0.2, 0.25) is 15.9 Å². The summed E-state index contributed by atoms with van der Waals surface area (Å²) >= 11 is 0. The van der Waals surface area contributed by atoms with Crippen molar-refractivity contribution in [2.24, 2.45) is 0 Å². The van der Waals surface area contributed by atoms with E-state index in [0.29, 0.717) is 12.8 Å². The van der Waals surface area contributed by atoms with Crippen LogP contribution in [0.25, 0.3) is 0 Å². The first-order valence-electron chi connectivity index (χ1n) is 8.64. The standard InChI is InChI=1S/C18H26N2O5S/c1-14-7-9-15(10-8-14)26(23,24)20(2)13-16(21)19-18(17(22)25-3)11-5-4-6-12-18/h7-10H,4-6,11-13H2,1-3H3,(H,19,21). The van der Waals surface area contributed by atoms with Crippen LogP contribution in [0.4, 0.5) is 0 Å². The second-order valence-corrected chi connectivity index (χ2v) is 8.80. The fourth-order valence-electron chi connectivity index (χ4n) is 3.21. The molecule has 1 aliphatic carbocycles. The Labute approximate surface area is 154 Å². The maximum absolute atomic E-state index is 12.6. The van der Waals surface area contributed by atoms with Gasteiger partial charge in [0.15, 0.2) is 0 Å². The highest BCUT2D eigenvalue weighted by atomic mass is 32.2. The van der Waals surface area contributed by atoms with Gasteiger partial charge in [0.05, 0.1) is 18.6 Å². The molecule has 1 fully saturated rings. The van der Waals surface area contributed by atoms with Crippen molar-refractivity contribution >= 4 is 21.9 Å². The molecule has 0 saturated heterocycles. The van der Waals surface area contributed by atoms with Gasteiger partial charge < -0.3 is 10.1 Å². The summed E-state index contributed by atoms with van der Waals surface area (Å²) in [5, 5.41) is 2.73. The Morgan fingerprint density at radius 1 is 1.15 bits per heavy atom. The number of esters is 1. The number of hydrogen-bond acceptors (Lipinski definition) is 5. The number of nitrogens with zero attached hydrogens (tertiary/aromatic N) is 1. The lowest BCUT2D eigenvalue weighted by Gasteiger charge is -2.35. The van der Waals surface area contributed by atoms with Gasteiger partial charge in [0.25, 0.3) is 0 Å². The second kappa shape index (κ2) is 8.18. The van der Waals surface area contributed by atoms with Crippen LogP contribution in [0.2, 0.25) is 0 Å². The molecule has 0 spiro atoms. The number of sulfonamides is 1. The minimum atomic E-state index is -3.78. The van der Waals surface area contributed by atoms with Crippen molar-refractivity contribution in [2.45, 2.75) is 49.5 Å². The van der Waals surface area contributed by atoms with Gasteiger partial charge in [-0.05, 0) is 31.9 Å². The van der Waals surface area contributed by atoms with Crippen molar-refractivity contribution in [3.05, 3.63) is 29.8 Å². The summed E-state index contributed by atoms with van der Waals surface area (Å²) < 4.78 is 31.0. The van der Waals surface area contributed by atoms with Crippen LogP contribution in [0.1, 0.15) is 37.7 Å². The van der Waals surface area contributed by atoms with Crippen molar-refractivity contribution in [3.63, 3.8) is 0 Å². The highest BCUT2D eigenvalue weighted by Crippen LogP contribution is 2.29. The van der Waals surface area contributed by atoms with Crippen LogP contribution in [0, 0.1) is 6.92 Å². The van der Waals surface area contributed by atoms with Crippen molar-refractivity contribution in [1.29, 1.82) is 0 Å². The summed E-state index contributed by atoms with van der Waals surface area (Å²) in [5.41, 5.74) is -0.111. The third-order valence-electron chi connectivity index (χ3n) is 4.76. The monoisotopic (exact) mass is 382 g/mol. The maximum Gasteiger partial charge on any atom is 0.331 e. The van der Waals surface area contributed by atoms with E-state index in [1.165, 1.54) is 26.3 Å². The predicted molar refractivity (Wildman–Crippen MR) is 97.0 cm³/mol. The van der Waals surface area contributed by atoms with Gasteiger partial charge in [-0.15, -0.1) is 0 Å². The molecule has 0 radical (unpaired) electrons. The van der Waals surface area contributed by atoms with E-state index >= 15 is 0 Å². The molecule has 0 atom stereocenters. The normalized spacial score (nSPS) is 16.9. The highest BCUT2D eigenvalue weighted by molar-refractivity contribution is 7.89. The molecule has 7 nitrogen and oxygen atoms in total. The van der Waals surface area contributed by atoms with Crippen LogP contribution >= 0.6 is 0 Å². The van der Waals surface area contributed by atoms with Gasteiger partial charge in [-0.2, -0.15) is 4.31 Å². The van der Waals surface area contributed by atoms with E-state index in [1.54, 1.807) is 12.1 Å². The molecule has 2 rings (SSSR count). The lowest BCUT2D eigenvalue weighted by Crippen LogP contribution is -2.57. The average Bonchev–Trinajstić information content (AvgIpc) is 2.61. The first kappa shape index (κ1) is 20.4. The predicted octanol–water partition coefficient (Wildman–Crippen LogP) is 1.61. The maximum atomic E-state index is 12.6. The quantitative estimate of drug-likeness (QED) is 0.755. The number of carbonyl (C=O) groups excluding carboxylic acids is 2. The Morgan fingerprint density at radius 3 is 2.27 bits per heavy atom. The van der Waals surface area contributed by atoms with E-state index in [0.717, 1.165) is 29.1 Å². The fraction of sp³-hybridized carbons (Fsp3) is 0.556. The van der Waals surface area contributed by atoms with Gasteiger partial charge in [0.1, 0.15) is 5.54 Å². The molecule has 1 aliphatic rings. The number of rotatable bonds is 6.